The number of methoxy groups -OCH3 is 5. The van der Waals surface area contributed by atoms with Crippen molar-refractivity contribution >= 4 is 0 Å². The van der Waals surface area contributed by atoms with Gasteiger partial charge in [0.25, 0.3) is 0 Å². The van der Waals surface area contributed by atoms with Gasteiger partial charge in [0.1, 0.15) is 0 Å². The molecular formula is C123H256F14O10. The molecule has 4 aliphatic carbocycles. The molecule has 147 heavy (non-hydrogen) atoms. The van der Waals surface area contributed by atoms with Crippen LogP contribution in [0.5, 0.6) is 0 Å². The zero-order valence-electron chi connectivity index (χ0n) is 110. The van der Waals surface area contributed by atoms with Crippen molar-refractivity contribution in [1.29, 1.82) is 0 Å². The molecule has 24 heteroatoms. The Morgan fingerprint density at radius 1 is 0.361 bits per heavy atom. The molecule has 0 amide bonds. The standard InChI is InChI=1S/C9H18O.C9H18.2C8H16O.C8H18O.C8H16.C7H13F3O.C7H14O.C7H16O.C7H16.C6H11F3O.C6H11F3.C6H12F2.C6H14O.C6H14.C5H9F3.C5H12O.C5H12/c1-8(2,3)9(10-4)6-5-7-9;1-9(2,3)8-6-4-5-7-8;1-8(2,3)7-4-5-9-6-7;1-7(2,3)8(9)5-4-6-8;1-7(2,3)8(4,5)9-6;1-8(2,3)7-5-4-6-7;1-6(2,3)5(11-4)7(8,9)10;1-7(2,3)6-4-8-5-6;1-6(2,3)7(4,5)8;1-6(2)7(3,4)5;1-5(2,3)4(10)6(7,8)9;1-5(2,3)4-6(7,8)9;1-6(2,3)4-5(7)8;1-6(2,3)5-7-4;1-5-6(2,3)4;1-4(2,3)5(6,7)8;1-5(2,3)6-4;1-5(2,3)4/h5-7H2,1-4H3;8H,4-7H2,1-3H3;7H,4-6H2,1-3H3;9H,4-6H2,1-3H3;1-6H3;7H,4-6H2,1-3H3;5H,1-4H3;6H,4-5H2,1-3H3;8H,1-5H3;6H,1-5H3;4,10H,1-3H3;4H2,1-3H3;5H,4H2,1-3H3;5H2,1-4H3;5H2,1-4H3;1-3H3;1-4H3;1-4H3. The Balaban J connectivity index is -0.000000132. The number of ether oxygens (including phenoxy) is 7. The van der Waals surface area contributed by atoms with E-state index in [1.807, 2.05) is 62.5 Å². The van der Waals surface area contributed by atoms with Crippen molar-refractivity contribution < 1.29 is 110 Å². The van der Waals surface area contributed by atoms with Gasteiger partial charge in [-0.1, -0.05) is 406 Å². The van der Waals surface area contributed by atoms with Crippen molar-refractivity contribution in [3.05, 3.63) is 0 Å². The van der Waals surface area contributed by atoms with Crippen LogP contribution in [0.1, 0.15) is 538 Å². The summed E-state index contributed by atoms with van der Waals surface area (Å²) >= 11 is 0. The number of hydrogen-bond acceptors (Lipinski definition) is 10. The Morgan fingerprint density at radius 2 is 0.660 bits per heavy atom. The molecule has 0 spiro atoms. The lowest BCUT2D eigenvalue weighted by Crippen LogP contribution is -2.50. The third kappa shape index (κ3) is 103. The molecule has 6 rings (SSSR count). The van der Waals surface area contributed by atoms with Crippen LogP contribution in [0.2, 0.25) is 0 Å². The summed E-state index contributed by atoms with van der Waals surface area (Å²) < 4.78 is 199. The molecular weight excluding hydrogens is 1900 g/mol. The van der Waals surface area contributed by atoms with Crippen molar-refractivity contribution in [1.82, 2.24) is 0 Å². The molecule has 3 unspecified atom stereocenters. The zero-order chi connectivity index (χ0) is 122. The van der Waals surface area contributed by atoms with E-state index in [4.69, 9.17) is 33.5 Å². The molecule has 906 valence electrons. The Hall–Kier alpha value is -1.38. The van der Waals surface area contributed by atoms with Crippen LogP contribution in [0.25, 0.3) is 0 Å². The topological polar surface area (TPSA) is 125 Å². The molecule has 6 aliphatic rings. The molecule has 0 aromatic carbocycles. The zero-order valence-corrected chi connectivity index (χ0v) is 110. The lowest BCUT2D eigenvalue weighted by molar-refractivity contribution is -0.240. The molecule has 3 atom stereocenters. The summed E-state index contributed by atoms with van der Waals surface area (Å²) in [6.07, 6.45) is -3.78. The molecule has 0 aromatic rings. The normalized spacial score (nSPS) is 17.8. The quantitative estimate of drug-likeness (QED) is 0.229. The van der Waals surface area contributed by atoms with Crippen LogP contribution >= 0.6 is 0 Å². The summed E-state index contributed by atoms with van der Waals surface area (Å²) in [6, 6.07) is 0. The van der Waals surface area contributed by atoms with Crippen molar-refractivity contribution in [2.45, 2.75) is 610 Å². The first-order chi connectivity index (χ1) is 63.3. The minimum Gasteiger partial charge on any atom is -0.390 e. The van der Waals surface area contributed by atoms with Gasteiger partial charge < -0.3 is 48.5 Å². The second kappa shape index (κ2) is 69.2. The van der Waals surface area contributed by atoms with Crippen molar-refractivity contribution in [3.63, 3.8) is 0 Å². The van der Waals surface area contributed by atoms with Gasteiger partial charge in [-0.25, -0.2) is 8.78 Å². The highest BCUT2D eigenvalue weighted by atomic mass is 19.4. The highest BCUT2D eigenvalue weighted by Gasteiger charge is 2.50. The molecule has 10 nitrogen and oxygen atoms in total. The van der Waals surface area contributed by atoms with Gasteiger partial charge in [-0.15, -0.1) is 0 Å². The molecule has 0 bridgehead atoms. The van der Waals surface area contributed by atoms with E-state index in [0.29, 0.717) is 48.7 Å². The van der Waals surface area contributed by atoms with E-state index < -0.39 is 77.0 Å². The van der Waals surface area contributed by atoms with Gasteiger partial charge in [0.2, 0.25) is 6.43 Å². The number of rotatable bonds is 5. The lowest BCUT2D eigenvalue weighted by Gasteiger charge is -2.50. The van der Waals surface area contributed by atoms with Crippen molar-refractivity contribution in [2.24, 2.45) is 122 Å². The fraction of sp³-hybridized carbons (Fsp3) is 1.00. The van der Waals surface area contributed by atoms with Crippen molar-refractivity contribution in [3.8, 4) is 0 Å². The summed E-state index contributed by atoms with van der Waals surface area (Å²) in [4.78, 5) is 0. The highest BCUT2D eigenvalue weighted by Crippen LogP contribution is 2.50. The maximum absolute atomic E-state index is 12.1. The van der Waals surface area contributed by atoms with Crippen LogP contribution in [0.3, 0.4) is 0 Å². The van der Waals surface area contributed by atoms with Gasteiger partial charge in [0.05, 0.1) is 53.2 Å². The molecule has 0 radical (unpaired) electrons. The first-order valence-electron chi connectivity index (χ1n) is 54.8. The smallest absolute Gasteiger partial charge is 0.390 e. The van der Waals surface area contributed by atoms with Crippen LogP contribution in [-0.4, -0.2) is 155 Å². The van der Waals surface area contributed by atoms with Crippen LogP contribution < -0.4 is 0 Å². The first kappa shape index (κ1) is 171. The SMILES string of the molecule is CC(C)(C)C.CC(C)(C)C(C)(C)O.CC(C)(C)C(F)(F)F.CC(C)(C)C(O)C(F)(F)F.CC(C)(C)C1(O)CCC1.CC(C)(C)C1CCC1.CC(C)(C)C1CCCC1.CC(C)(C)C1CCOC1.CC(C)(C)C1COC1.CC(C)(C)CC(F)(F)F.CC(C)(C)CC(F)F.CC(C)C(C)(C)C.CCC(C)(C)C.COC(C(C)(C)C)C(F)(F)F.COC(C)(C)C.COC(C)(C)C(C)(C)C.COC1(C(C)(C)C)CCC1.COCC(C)(C)C. The molecule has 4 saturated carbocycles. The molecule has 2 heterocycles. The van der Waals surface area contributed by atoms with Gasteiger partial charge in [-0.2, -0.15) is 52.7 Å². The Labute approximate surface area is 905 Å². The third-order valence-electron chi connectivity index (χ3n) is 27.4. The Kier molecular flexibility index (Phi) is 80.3. The molecule has 6 fully saturated rings. The second-order valence-electron chi connectivity index (χ2n) is 62.9. The Bertz CT molecular complexity index is 2900. The molecule has 2 saturated heterocycles. The molecule has 3 N–H and O–H groups in total. The summed E-state index contributed by atoms with van der Waals surface area (Å²) in [5.74, 6) is 4.44. The maximum Gasteiger partial charge on any atom is 0.415 e. The van der Waals surface area contributed by atoms with Gasteiger partial charge in [0, 0.05) is 67.5 Å². The average molecular weight is 2160 g/mol. The highest BCUT2D eigenvalue weighted by molar-refractivity contribution is 4.99. The summed E-state index contributed by atoms with van der Waals surface area (Å²) in [6.45, 7) is 130. The fourth-order valence-electron chi connectivity index (χ4n) is 11.3. The van der Waals surface area contributed by atoms with E-state index in [2.05, 4.69) is 275 Å². The Morgan fingerprint density at radius 3 is 0.687 bits per heavy atom. The van der Waals surface area contributed by atoms with Gasteiger partial charge >= 0.3 is 24.7 Å². The second-order valence-corrected chi connectivity index (χ2v) is 62.9. The summed E-state index contributed by atoms with van der Waals surface area (Å²) in [7, 11) is 8.10. The predicted molar refractivity (Wildman–Crippen MR) is 609 cm³/mol. The van der Waals surface area contributed by atoms with Gasteiger partial charge in [0.15, 0.2) is 12.2 Å². The number of aliphatic hydroxyl groups is 3. The van der Waals surface area contributed by atoms with E-state index in [1.165, 1.54) is 125 Å². The predicted octanol–water partition coefficient (Wildman–Crippen LogP) is 41.7. The van der Waals surface area contributed by atoms with Crippen molar-refractivity contribution in [2.75, 3.05) is 68.6 Å². The van der Waals surface area contributed by atoms with Gasteiger partial charge in [-0.05, 0) is 229 Å². The minimum absolute atomic E-state index is 0.00694. The maximum atomic E-state index is 12.1. The fourth-order valence-corrected chi connectivity index (χ4v) is 11.3. The van der Waals surface area contributed by atoms with E-state index in [9.17, 15) is 71.7 Å². The number of hydrogen-bond donors (Lipinski definition) is 3. The van der Waals surface area contributed by atoms with E-state index >= 15 is 0 Å². The third-order valence-corrected chi connectivity index (χ3v) is 27.4. The largest absolute Gasteiger partial charge is 0.415 e. The van der Waals surface area contributed by atoms with E-state index in [0.717, 1.165) is 103 Å². The number of aliphatic hydroxyl groups excluding tert-OH is 1. The summed E-state index contributed by atoms with van der Waals surface area (Å²) in [5.41, 5.74) is -0.539. The summed E-state index contributed by atoms with van der Waals surface area (Å²) in [5, 5.41) is 27.7. The molecule has 0 aromatic heterocycles. The number of alkyl halides is 14. The molecule has 2 aliphatic heterocycles. The van der Waals surface area contributed by atoms with Crippen LogP contribution in [0.15, 0.2) is 0 Å². The number of halogens is 14. The van der Waals surface area contributed by atoms with Crippen LogP contribution in [0, 0.1) is 122 Å². The van der Waals surface area contributed by atoms with E-state index in [1.54, 1.807) is 62.9 Å². The first-order valence-corrected chi connectivity index (χ1v) is 54.8. The monoisotopic (exact) mass is 2160 g/mol. The van der Waals surface area contributed by atoms with Crippen LogP contribution in [-0.2, 0) is 33.2 Å². The van der Waals surface area contributed by atoms with Gasteiger partial charge in [-0.3, -0.25) is 0 Å². The average Bonchev–Trinajstić information content (AvgIpc) is 1.32. The van der Waals surface area contributed by atoms with E-state index in [-0.39, 0.29) is 50.5 Å². The van der Waals surface area contributed by atoms with Crippen LogP contribution in [0.4, 0.5) is 61.5 Å². The lowest BCUT2D eigenvalue weighted by atomic mass is 9.64. The minimum atomic E-state index is -4.50.